The number of hydrogen-bond acceptors (Lipinski definition) is 5. The lowest BCUT2D eigenvalue weighted by Crippen LogP contribution is -2.45. The van der Waals surface area contributed by atoms with E-state index in [-0.39, 0.29) is 18.5 Å². The molecule has 0 spiro atoms. The van der Waals surface area contributed by atoms with Crippen LogP contribution in [0.1, 0.15) is 264 Å². The van der Waals surface area contributed by atoms with Crippen molar-refractivity contribution in [3.63, 3.8) is 0 Å². The lowest BCUT2D eigenvalue weighted by Gasteiger charge is -2.20. The molecule has 0 aromatic carbocycles. The largest absolute Gasteiger partial charge is 0.466 e. The Balaban J connectivity index is 3.43. The third kappa shape index (κ3) is 43.7. The van der Waals surface area contributed by atoms with Gasteiger partial charge in [-0.3, -0.25) is 9.59 Å². The second-order valence-corrected chi connectivity index (χ2v) is 17.1. The molecule has 2 atom stereocenters. The average molecular weight is 804 g/mol. The van der Waals surface area contributed by atoms with Crippen molar-refractivity contribution in [1.82, 2.24) is 5.32 Å². The molecular formula is C51H97NO5. The number of nitrogens with one attached hydrogen (secondary N) is 1. The number of allylic oxidation sites excluding steroid dienone is 3. The van der Waals surface area contributed by atoms with Crippen LogP contribution in [0.5, 0.6) is 0 Å². The molecule has 1 amide bonds. The van der Waals surface area contributed by atoms with Crippen molar-refractivity contribution in [2.45, 2.75) is 276 Å². The van der Waals surface area contributed by atoms with Gasteiger partial charge in [-0.25, -0.2) is 0 Å². The van der Waals surface area contributed by atoms with Gasteiger partial charge in [0, 0.05) is 12.8 Å². The lowest BCUT2D eigenvalue weighted by atomic mass is 10.0. The van der Waals surface area contributed by atoms with Crippen molar-refractivity contribution in [2.75, 3.05) is 13.2 Å². The van der Waals surface area contributed by atoms with Gasteiger partial charge in [-0.1, -0.05) is 218 Å². The molecule has 2 unspecified atom stereocenters. The Morgan fingerprint density at radius 3 is 1.25 bits per heavy atom. The summed E-state index contributed by atoms with van der Waals surface area (Å²) in [6.07, 6.45) is 54.6. The Hall–Kier alpha value is -1.66. The zero-order valence-corrected chi connectivity index (χ0v) is 38.1. The van der Waals surface area contributed by atoms with Crippen LogP contribution >= 0.6 is 0 Å². The molecule has 57 heavy (non-hydrogen) atoms. The number of carbonyl (C=O) groups excluding carboxylic acids is 2. The van der Waals surface area contributed by atoms with Gasteiger partial charge in [0.2, 0.25) is 5.91 Å². The maximum atomic E-state index is 12.4. The monoisotopic (exact) mass is 804 g/mol. The van der Waals surface area contributed by atoms with E-state index in [0.29, 0.717) is 19.4 Å². The Bertz CT molecular complexity index is 889. The van der Waals surface area contributed by atoms with Gasteiger partial charge in [0.25, 0.3) is 0 Å². The van der Waals surface area contributed by atoms with Crippen LogP contribution in [0.4, 0.5) is 0 Å². The van der Waals surface area contributed by atoms with Gasteiger partial charge in [-0.2, -0.15) is 0 Å². The predicted molar refractivity (Wildman–Crippen MR) is 246 cm³/mol. The molecule has 0 bridgehead atoms. The Kier molecular flexibility index (Phi) is 45.7. The normalized spacial score (nSPS) is 12.8. The van der Waals surface area contributed by atoms with Gasteiger partial charge in [-0.15, -0.1) is 0 Å². The van der Waals surface area contributed by atoms with E-state index < -0.39 is 12.1 Å². The number of rotatable bonds is 46. The molecule has 3 N–H and O–H groups in total. The van der Waals surface area contributed by atoms with Crippen LogP contribution in [0.2, 0.25) is 0 Å². The molecule has 0 aromatic heterocycles. The average Bonchev–Trinajstić information content (AvgIpc) is 3.21. The zero-order valence-electron chi connectivity index (χ0n) is 38.1. The Labute approximate surface area is 354 Å². The van der Waals surface area contributed by atoms with Crippen LogP contribution in [0.3, 0.4) is 0 Å². The Morgan fingerprint density at radius 1 is 0.474 bits per heavy atom. The summed E-state index contributed by atoms with van der Waals surface area (Å²) in [7, 11) is 0. The molecule has 0 heterocycles. The maximum Gasteiger partial charge on any atom is 0.305 e. The molecule has 0 saturated carbocycles. The van der Waals surface area contributed by atoms with E-state index in [1.165, 1.54) is 180 Å². The molecule has 6 nitrogen and oxygen atoms in total. The van der Waals surface area contributed by atoms with Crippen molar-refractivity contribution >= 4 is 11.9 Å². The van der Waals surface area contributed by atoms with Gasteiger partial charge < -0.3 is 20.3 Å². The van der Waals surface area contributed by atoms with Crippen LogP contribution in [0.15, 0.2) is 24.3 Å². The highest BCUT2D eigenvalue weighted by Crippen LogP contribution is 2.15. The topological polar surface area (TPSA) is 95.9 Å². The fourth-order valence-corrected chi connectivity index (χ4v) is 7.57. The summed E-state index contributed by atoms with van der Waals surface area (Å²) in [4.78, 5) is 24.4. The van der Waals surface area contributed by atoms with E-state index in [9.17, 15) is 19.8 Å². The first-order chi connectivity index (χ1) is 28.0. The number of hydrogen-bond donors (Lipinski definition) is 3. The lowest BCUT2D eigenvalue weighted by molar-refractivity contribution is -0.143. The highest BCUT2D eigenvalue weighted by molar-refractivity contribution is 5.76. The molecule has 0 saturated heterocycles. The van der Waals surface area contributed by atoms with Crippen LogP contribution in [0, 0.1) is 0 Å². The number of amides is 1. The van der Waals surface area contributed by atoms with Gasteiger partial charge in [-0.05, 0) is 57.8 Å². The minimum absolute atomic E-state index is 0.0106. The van der Waals surface area contributed by atoms with E-state index in [0.717, 1.165) is 57.8 Å². The van der Waals surface area contributed by atoms with Gasteiger partial charge >= 0.3 is 5.97 Å². The number of esters is 1. The summed E-state index contributed by atoms with van der Waals surface area (Å²) in [6, 6.07) is -0.635. The summed E-state index contributed by atoms with van der Waals surface area (Å²) in [5.74, 6) is -0.0945. The number of carbonyl (C=O) groups is 2. The van der Waals surface area contributed by atoms with E-state index in [1.54, 1.807) is 6.08 Å². The van der Waals surface area contributed by atoms with Crippen LogP contribution in [-0.4, -0.2) is 47.4 Å². The molecule has 0 aliphatic carbocycles. The number of unbranched alkanes of at least 4 members (excludes halogenated alkanes) is 33. The van der Waals surface area contributed by atoms with E-state index in [1.807, 2.05) is 6.08 Å². The summed E-state index contributed by atoms with van der Waals surface area (Å²) in [5, 5.41) is 22.9. The number of ether oxygens (including phenoxy) is 1. The molecule has 0 aliphatic rings. The Morgan fingerprint density at radius 2 is 0.825 bits per heavy atom. The van der Waals surface area contributed by atoms with E-state index >= 15 is 0 Å². The van der Waals surface area contributed by atoms with Crippen molar-refractivity contribution in [3.05, 3.63) is 24.3 Å². The van der Waals surface area contributed by atoms with Gasteiger partial charge in [0.15, 0.2) is 0 Å². The smallest absolute Gasteiger partial charge is 0.305 e. The zero-order chi connectivity index (χ0) is 41.5. The second kappa shape index (κ2) is 47.0. The van der Waals surface area contributed by atoms with Crippen LogP contribution in [-0.2, 0) is 14.3 Å². The first-order valence-electron chi connectivity index (χ1n) is 25.1. The fraction of sp³-hybridized carbons (Fsp3) is 0.882. The minimum Gasteiger partial charge on any atom is -0.466 e. The van der Waals surface area contributed by atoms with Crippen molar-refractivity contribution < 1.29 is 24.5 Å². The first kappa shape index (κ1) is 55.3. The molecule has 6 heteroatoms. The van der Waals surface area contributed by atoms with Gasteiger partial charge in [0.1, 0.15) is 0 Å². The SMILES string of the molecule is CCCCCCCCC/C=C\CCCCCCCCCC(=O)OCCCCCCCCCCCCCCCC(=O)NC(CO)C(O)/C=C/CCCCCCCCC. The molecule has 0 radical (unpaired) electrons. The predicted octanol–water partition coefficient (Wildman–Crippen LogP) is 14.7. The molecule has 0 aromatic rings. The summed E-state index contributed by atoms with van der Waals surface area (Å²) in [5.41, 5.74) is 0. The summed E-state index contributed by atoms with van der Waals surface area (Å²) in [6.45, 7) is 4.84. The third-order valence-corrected chi connectivity index (χ3v) is 11.5. The van der Waals surface area contributed by atoms with Gasteiger partial charge in [0.05, 0.1) is 25.4 Å². The first-order valence-corrected chi connectivity index (χ1v) is 25.1. The molecule has 336 valence electrons. The molecule has 0 aliphatic heterocycles. The highest BCUT2D eigenvalue weighted by Gasteiger charge is 2.18. The maximum absolute atomic E-state index is 12.4. The quantitative estimate of drug-likeness (QED) is 0.0324. The summed E-state index contributed by atoms with van der Waals surface area (Å²) < 4.78 is 5.47. The highest BCUT2D eigenvalue weighted by atomic mass is 16.5. The standard InChI is InChI=1S/C51H97NO5/c1-3-5-7-9-11-13-14-15-16-17-18-19-22-25-29-33-37-41-45-51(56)57-46-42-38-34-30-26-23-20-21-24-28-32-36-40-44-50(55)52-48(47-53)49(54)43-39-35-31-27-12-10-8-6-4-2/h16-17,39,43,48-49,53-54H,3-15,18-38,40-42,44-47H2,1-2H3,(H,52,55)/b17-16-,43-39+. The molecule has 0 rings (SSSR count). The minimum atomic E-state index is -0.850. The summed E-state index contributed by atoms with van der Waals surface area (Å²) >= 11 is 0. The van der Waals surface area contributed by atoms with E-state index in [2.05, 4.69) is 31.3 Å². The van der Waals surface area contributed by atoms with Crippen LogP contribution in [0.25, 0.3) is 0 Å². The number of aliphatic hydroxyl groups is 2. The third-order valence-electron chi connectivity index (χ3n) is 11.5. The molecular weight excluding hydrogens is 707 g/mol. The van der Waals surface area contributed by atoms with E-state index in [4.69, 9.17) is 4.74 Å². The van der Waals surface area contributed by atoms with Crippen LogP contribution < -0.4 is 5.32 Å². The molecule has 0 fully saturated rings. The second-order valence-electron chi connectivity index (χ2n) is 17.1. The number of aliphatic hydroxyl groups excluding tert-OH is 2. The van der Waals surface area contributed by atoms with Crippen molar-refractivity contribution in [2.24, 2.45) is 0 Å². The van der Waals surface area contributed by atoms with Crippen molar-refractivity contribution in [1.29, 1.82) is 0 Å². The fourth-order valence-electron chi connectivity index (χ4n) is 7.57. The van der Waals surface area contributed by atoms with Crippen molar-refractivity contribution in [3.8, 4) is 0 Å².